The SMILES string of the molecule is Bc1ccc2c(c1)c1cc(CC)ccc1n2-c1ccc(CCCCCC)cc1. The van der Waals surface area contributed by atoms with Gasteiger partial charge in [-0.1, -0.05) is 68.9 Å². The van der Waals surface area contributed by atoms with Crippen molar-refractivity contribution in [2.75, 3.05) is 0 Å². The molecule has 0 unspecified atom stereocenters. The molecular weight excluding hydrogens is 337 g/mol. The highest BCUT2D eigenvalue weighted by atomic mass is 15.0. The summed E-state index contributed by atoms with van der Waals surface area (Å²) in [6.45, 7) is 4.50. The van der Waals surface area contributed by atoms with Crippen molar-refractivity contribution in [3.63, 3.8) is 0 Å². The van der Waals surface area contributed by atoms with Crippen molar-refractivity contribution in [3.8, 4) is 5.69 Å². The molecule has 4 rings (SSSR count). The zero-order chi connectivity index (χ0) is 19.5. The average molecular weight is 367 g/mol. The number of unbranched alkanes of at least 4 members (excludes halogenated alkanes) is 3. The van der Waals surface area contributed by atoms with E-state index < -0.39 is 0 Å². The van der Waals surface area contributed by atoms with Crippen LogP contribution < -0.4 is 5.46 Å². The Morgan fingerprint density at radius 1 is 0.714 bits per heavy atom. The fraction of sp³-hybridized carbons (Fsp3) is 0.308. The van der Waals surface area contributed by atoms with Gasteiger partial charge in [0, 0.05) is 16.5 Å². The van der Waals surface area contributed by atoms with Gasteiger partial charge >= 0.3 is 0 Å². The molecule has 28 heavy (non-hydrogen) atoms. The molecule has 142 valence electrons. The lowest BCUT2D eigenvalue weighted by atomic mass is 9.94. The van der Waals surface area contributed by atoms with Crippen LogP contribution in [0, 0.1) is 0 Å². The van der Waals surface area contributed by atoms with Crippen LogP contribution in [0.1, 0.15) is 50.7 Å². The molecule has 0 N–H and O–H groups in total. The van der Waals surface area contributed by atoms with Crippen molar-refractivity contribution < 1.29 is 0 Å². The van der Waals surface area contributed by atoms with Crippen LogP contribution in [0.5, 0.6) is 0 Å². The summed E-state index contributed by atoms with van der Waals surface area (Å²) in [5.74, 6) is 0. The van der Waals surface area contributed by atoms with Gasteiger partial charge in [0.2, 0.25) is 0 Å². The molecule has 0 aliphatic rings. The molecule has 0 saturated heterocycles. The summed E-state index contributed by atoms with van der Waals surface area (Å²) in [7, 11) is 2.18. The zero-order valence-corrected chi connectivity index (χ0v) is 17.5. The lowest BCUT2D eigenvalue weighted by molar-refractivity contribution is 0.667. The Kier molecular flexibility index (Phi) is 5.57. The van der Waals surface area contributed by atoms with Gasteiger partial charge in [-0.25, -0.2) is 0 Å². The van der Waals surface area contributed by atoms with Crippen LogP contribution in [-0.4, -0.2) is 12.4 Å². The summed E-state index contributed by atoms with van der Waals surface area (Å²) in [6, 6.07) is 23.0. The van der Waals surface area contributed by atoms with E-state index in [1.807, 2.05) is 0 Å². The molecule has 0 aliphatic heterocycles. The summed E-state index contributed by atoms with van der Waals surface area (Å²) in [6.07, 6.45) is 7.53. The van der Waals surface area contributed by atoms with Crippen molar-refractivity contribution in [2.45, 2.75) is 52.4 Å². The molecule has 4 aromatic rings. The van der Waals surface area contributed by atoms with E-state index in [9.17, 15) is 0 Å². The van der Waals surface area contributed by atoms with Crippen molar-refractivity contribution in [1.29, 1.82) is 0 Å². The molecule has 0 fully saturated rings. The number of aryl methyl sites for hydroxylation is 2. The van der Waals surface area contributed by atoms with E-state index in [1.165, 1.54) is 76.2 Å². The third-order valence-electron chi connectivity index (χ3n) is 5.91. The highest BCUT2D eigenvalue weighted by Crippen LogP contribution is 2.32. The first kappa shape index (κ1) is 18.9. The van der Waals surface area contributed by atoms with E-state index in [2.05, 4.69) is 86.9 Å². The molecule has 3 aromatic carbocycles. The molecular formula is C26H30BN. The van der Waals surface area contributed by atoms with Crippen molar-refractivity contribution in [1.82, 2.24) is 4.57 Å². The first-order valence-corrected chi connectivity index (χ1v) is 10.8. The summed E-state index contributed by atoms with van der Waals surface area (Å²) in [4.78, 5) is 0. The Morgan fingerprint density at radius 2 is 1.39 bits per heavy atom. The maximum Gasteiger partial charge on any atom is 0.139 e. The number of fused-ring (bicyclic) bond motifs is 3. The molecule has 0 radical (unpaired) electrons. The van der Waals surface area contributed by atoms with Gasteiger partial charge in [-0.05, 0) is 60.7 Å². The fourth-order valence-corrected chi connectivity index (χ4v) is 4.25. The molecule has 0 bridgehead atoms. The first-order chi connectivity index (χ1) is 13.7. The van der Waals surface area contributed by atoms with Crippen LogP contribution in [0.15, 0.2) is 60.7 Å². The third kappa shape index (κ3) is 3.61. The van der Waals surface area contributed by atoms with Crippen molar-refractivity contribution >= 4 is 35.1 Å². The second-order valence-electron chi connectivity index (χ2n) is 8.04. The predicted octanol–water partition coefficient (Wildman–Crippen LogP) is 5.73. The van der Waals surface area contributed by atoms with E-state index in [1.54, 1.807) is 0 Å². The van der Waals surface area contributed by atoms with Gasteiger partial charge in [0.15, 0.2) is 0 Å². The van der Waals surface area contributed by atoms with Crippen molar-refractivity contribution in [2.24, 2.45) is 0 Å². The maximum atomic E-state index is 2.42. The number of aromatic nitrogens is 1. The maximum absolute atomic E-state index is 2.42. The summed E-state index contributed by atoms with van der Waals surface area (Å²) < 4.78 is 2.42. The minimum absolute atomic E-state index is 1.07. The summed E-state index contributed by atoms with van der Waals surface area (Å²) in [5, 5.41) is 2.72. The van der Waals surface area contributed by atoms with Gasteiger partial charge in [-0.15, -0.1) is 0 Å². The number of benzene rings is 3. The molecule has 0 spiro atoms. The van der Waals surface area contributed by atoms with Crippen LogP contribution in [0.2, 0.25) is 0 Å². The first-order valence-electron chi connectivity index (χ1n) is 10.8. The summed E-state index contributed by atoms with van der Waals surface area (Å²) >= 11 is 0. The number of hydrogen-bond acceptors (Lipinski definition) is 0. The van der Waals surface area contributed by atoms with E-state index in [0.717, 1.165) is 6.42 Å². The van der Waals surface area contributed by atoms with Gasteiger partial charge in [0.25, 0.3) is 0 Å². The van der Waals surface area contributed by atoms with E-state index in [-0.39, 0.29) is 0 Å². The van der Waals surface area contributed by atoms with Gasteiger partial charge in [-0.2, -0.15) is 0 Å². The van der Waals surface area contributed by atoms with E-state index in [4.69, 9.17) is 0 Å². The zero-order valence-electron chi connectivity index (χ0n) is 17.5. The van der Waals surface area contributed by atoms with Gasteiger partial charge in [-0.3, -0.25) is 0 Å². The second kappa shape index (κ2) is 8.26. The lowest BCUT2D eigenvalue weighted by Crippen LogP contribution is -2.00. The van der Waals surface area contributed by atoms with E-state index in [0.29, 0.717) is 0 Å². The minimum Gasteiger partial charge on any atom is -0.309 e. The highest BCUT2D eigenvalue weighted by Gasteiger charge is 2.12. The molecule has 1 heterocycles. The lowest BCUT2D eigenvalue weighted by Gasteiger charge is -2.10. The Labute approximate surface area is 169 Å². The molecule has 0 saturated carbocycles. The van der Waals surface area contributed by atoms with Crippen LogP contribution in [0.3, 0.4) is 0 Å². The van der Waals surface area contributed by atoms with Crippen molar-refractivity contribution in [3.05, 3.63) is 71.8 Å². The number of rotatable bonds is 7. The molecule has 0 aliphatic carbocycles. The normalized spacial score (nSPS) is 11.5. The number of nitrogens with zero attached hydrogens (tertiary/aromatic N) is 1. The Hall–Kier alpha value is -2.48. The average Bonchev–Trinajstić information content (AvgIpc) is 3.04. The van der Waals surface area contributed by atoms with Crippen LogP contribution in [0.25, 0.3) is 27.5 Å². The monoisotopic (exact) mass is 367 g/mol. The third-order valence-corrected chi connectivity index (χ3v) is 5.91. The Balaban J connectivity index is 1.77. The largest absolute Gasteiger partial charge is 0.309 e. The molecule has 2 heteroatoms. The van der Waals surface area contributed by atoms with Gasteiger partial charge in [0.1, 0.15) is 7.85 Å². The van der Waals surface area contributed by atoms with Crippen LogP contribution in [-0.2, 0) is 12.8 Å². The van der Waals surface area contributed by atoms with Crippen LogP contribution in [0.4, 0.5) is 0 Å². The van der Waals surface area contributed by atoms with Crippen LogP contribution >= 0.6 is 0 Å². The highest BCUT2D eigenvalue weighted by molar-refractivity contribution is 6.33. The quantitative estimate of drug-likeness (QED) is 0.290. The smallest absolute Gasteiger partial charge is 0.139 e. The molecule has 1 aromatic heterocycles. The summed E-state index contributed by atoms with van der Waals surface area (Å²) in [5.41, 5.74) is 8.01. The standard InChI is InChI=1S/C26H30BN/c1-3-5-6-7-8-20-9-13-22(14-10-20)28-25-15-11-19(4-2)17-23(25)24-18-21(27)12-16-26(24)28/h9-18H,3-8,27H2,1-2H3. The van der Waals surface area contributed by atoms with E-state index >= 15 is 0 Å². The fourth-order valence-electron chi connectivity index (χ4n) is 4.25. The Bertz CT molecular complexity index is 1090. The predicted molar refractivity (Wildman–Crippen MR) is 126 cm³/mol. The molecule has 0 atom stereocenters. The Morgan fingerprint density at radius 3 is 2.11 bits per heavy atom. The van der Waals surface area contributed by atoms with Gasteiger partial charge in [0.05, 0.1) is 11.0 Å². The molecule has 1 nitrogen and oxygen atoms in total. The topological polar surface area (TPSA) is 4.93 Å². The minimum atomic E-state index is 1.07. The number of hydrogen-bond donors (Lipinski definition) is 0. The second-order valence-corrected chi connectivity index (χ2v) is 8.04. The van der Waals surface area contributed by atoms with Gasteiger partial charge < -0.3 is 4.57 Å². The molecule has 0 amide bonds.